The fraction of sp³-hybridized carbons (Fsp3) is 0.412. The number of nitrogens with one attached hydrogen (secondary N) is 1. The van der Waals surface area contributed by atoms with Crippen LogP contribution in [0.1, 0.15) is 19.4 Å². The standard InChI is InChI=1S/C17H21ClN4O/c1-12-10-22(13(2)7-20-12)16-8-19-9-17(21-16)23-11-14-5-3-4-6-15(14)18/h3-6,8-9,12-13,20H,7,10-11H2,1-2H3. The van der Waals surface area contributed by atoms with Crippen molar-refractivity contribution in [1.82, 2.24) is 15.3 Å². The third kappa shape index (κ3) is 3.92. The van der Waals surface area contributed by atoms with E-state index in [4.69, 9.17) is 16.3 Å². The highest BCUT2D eigenvalue weighted by atomic mass is 35.5. The van der Waals surface area contributed by atoms with Crippen molar-refractivity contribution in [2.75, 3.05) is 18.0 Å². The quantitative estimate of drug-likeness (QED) is 0.933. The van der Waals surface area contributed by atoms with Crippen LogP contribution in [0.4, 0.5) is 5.82 Å². The Morgan fingerprint density at radius 1 is 1.30 bits per heavy atom. The summed E-state index contributed by atoms with van der Waals surface area (Å²) in [4.78, 5) is 11.1. The zero-order valence-corrected chi connectivity index (χ0v) is 14.1. The molecule has 1 fully saturated rings. The first-order chi connectivity index (χ1) is 11.1. The second-order valence-corrected chi connectivity index (χ2v) is 6.31. The van der Waals surface area contributed by atoms with Gasteiger partial charge in [-0.15, -0.1) is 0 Å². The lowest BCUT2D eigenvalue weighted by Crippen LogP contribution is -2.54. The van der Waals surface area contributed by atoms with E-state index in [-0.39, 0.29) is 0 Å². The fourth-order valence-corrected chi connectivity index (χ4v) is 2.84. The number of piperazine rings is 1. The van der Waals surface area contributed by atoms with Crippen LogP contribution in [-0.2, 0) is 6.61 Å². The first kappa shape index (κ1) is 16.0. The minimum absolute atomic E-state index is 0.374. The average molecular weight is 333 g/mol. The summed E-state index contributed by atoms with van der Waals surface area (Å²) in [6, 6.07) is 8.45. The smallest absolute Gasteiger partial charge is 0.234 e. The maximum absolute atomic E-state index is 6.15. The van der Waals surface area contributed by atoms with E-state index in [2.05, 4.69) is 34.0 Å². The van der Waals surface area contributed by atoms with Gasteiger partial charge in [0.1, 0.15) is 6.61 Å². The lowest BCUT2D eigenvalue weighted by atomic mass is 10.1. The molecule has 1 aromatic carbocycles. The molecule has 2 atom stereocenters. The Morgan fingerprint density at radius 3 is 2.96 bits per heavy atom. The number of rotatable bonds is 4. The van der Waals surface area contributed by atoms with Crippen LogP contribution in [0, 0.1) is 0 Å². The SMILES string of the molecule is CC1CN(c2cncc(OCc3ccccc3Cl)n2)C(C)CN1. The number of nitrogens with zero attached hydrogens (tertiary/aromatic N) is 3. The highest BCUT2D eigenvalue weighted by Gasteiger charge is 2.23. The molecule has 6 heteroatoms. The Bertz CT molecular complexity index is 667. The molecule has 23 heavy (non-hydrogen) atoms. The monoisotopic (exact) mass is 332 g/mol. The molecule has 0 saturated carbocycles. The molecule has 2 heterocycles. The van der Waals surface area contributed by atoms with E-state index in [1.54, 1.807) is 12.4 Å². The van der Waals surface area contributed by atoms with Crippen LogP contribution in [0.3, 0.4) is 0 Å². The number of aromatic nitrogens is 2. The fourth-order valence-electron chi connectivity index (χ4n) is 2.65. The van der Waals surface area contributed by atoms with Gasteiger partial charge in [-0.3, -0.25) is 4.98 Å². The summed E-state index contributed by atoms with van der Waals surface area (Å²) in [5.74, 6) is 1.36. The molecule has 1 N–H and O–H groups in total. The van der Waals surface area contributed by atoms with Crippen molar-refractivity contribution >= 4 is 17.4 Å². The van der Waals surface area contributed by atoms with E-state index in [9.17, 15) is 0 Å². The van der Waals surface area contributed by atoms with Gasteiger partial charge in [0.05, 0.1) is 12.4 Å². The summed E-state index contributed by atoms with van der Waals surface area (Å²) in [6.45, 7) is 6.57. The zero-order chi connectivity index (χ0) is 16.2. The number of benzene rings is 1. The van der Waals surface area contributed by atoms with Crippen LogP contribution in [0.2, 0.25) is 5.02 Å². The normalized spacial score (nSPS) is 21.3. The van der Waals surface area contributed by atoms with E-state index in [1.807, 2.05) is 24.3 Å². The molecule has 1 aliphatic heterocycles. The summed E-state index contributed by atoms with van der Waals surface area (Å²) in [5, 5.41) is 4.16. The third-order valence-corrected chi connectivity index (χ3v) is 4.36. The maximum atomic E-state index is 6.15. The summed E-state index contributed by atoms with van der Waals surface area (Å²) in [5.41, 5.74) is 0.936. The third-order valence-electron chi connectivity index (χ3n) is 3.99. The van der Waals surface area contributed by atoms with Gasteiger partial charge >= 0.3 is 0 Å². The van der Waals surface area contributed by atoms with Gasteiger partial charge in [-0.05, 0) is 19.9 Å². The minimum Gasteiger partial charge on any atom is -0.472 e. The van der Waals surface area contributed by atoms with Crippen LogP contribution < -0.4 is 15.0 Å². The Labute approximate surface area is 141 Å². The highest BCUT2D eigenvalue weighted by Crippen LogP contribution is 2.21. The molecule has 1 aliphatic rings. The van der Waals surface area contributed by atoms with Crippen molar-refractivity contribution in [3.63, 3.8) is 0 Å². The molecule has 2 aromatic rings. The minimum atomic E-state index is 0.374. The Kier molecular flexibility index (Phi) is 4.98. The molecule has 0 radical (unpaired) electrons. The molecule has 1 aromatic heterocycles. The topological polar surface area (TPSA) is 50.3 Å². The van der Waals surface area contributed by atoms with Crippen molar-refractivity contribution in [1.29, 1.82) is 0 Å². The molecule has 0 spiro atoms. The number of hydrogen-bond acceptors (Lipinski definition) is 5. The van der Waals surface area contributed by atoms with Crippen molar-refractivity contribution in [3.05, 3.63) is 47.2 Å². The van der Waals surface area contributed by atoms with Gasteiger partial charge in [0.25, 0.3) is 0 Å². The van der Waals surface area contributed by atoms with Gasteiger partial charge in [-0.25, -0.2) is 0 Å². The van der Waals surface area contributed by atoms with Crippen molar-refractivity contribution in [3.8, 4) is 5.88 Å². The van der Waals surface area contributed by atoms with E-state index in [0.29, 0.717) is 29.6 Å². The van der Waals surface area contributed by atoms with E-state index in [0.717, 1.165) is 24.5 Å². The van der Waals surface area contributed by atoms with Crippen LogP contribution in [0.15, 0.2) is 36.7 Å². The summed E-state index contributed by atoms with van der Waals surface area (Å²) >= 11 is 6.15. The summed E-state index contributed by atoms with van der Waals surface area (Å²) in [7, 11) is 0. The molecule has 3 rings (SSSR count). The largest absolute Gasteiger partial charge is 0.472 e. The van der Waals surface area contributed by atoms with Gasteiger partial charge in [0.15, 0.2) is 5.82 Å². The number of hydrogen-bond donors (Lipinski definition) is 1. The van der Waals surface area contributed by atoms with Gasteiger partial charge in [-0.2, -0.15) is 4.98 Å². The van der Waals surface area contributed by atoms with Crippen molar-refractivity contribution < 1.29 is 4.74 Å². The van der Waals surface area contributed by atoms with Gasteiger partial charge in [0.2, 0.25) is 5.88 Å². The van der Waals surface area contributed by atoms with Gasteiger partial charge in [-0.1, -0.05) is 29.8 Å². The van der Waals surface area contributed by atoms with Gasteiger partial charge in [0, 0.05) is 35.8 Å². The molecular formula is C17H21ClN4O. The second kappa shape index (κ2) is 7.15. The van der Waals surface area contributed by atoms with Crippen molar-refractivity contribution in [2.45, 2.75) is 32.5 Å². The Hall–Kier alpha value is -1.85. The summed E-state index contributed by atoms with van der Waals surface area (Å²) < 4.78 is 5.77. The second-order valence-electron chi connectivity index (χ2n) is 5.91. The van der Waals surface area contributed by atoms with Crippen LogP contribution in [-0.4, -0.2) is 35.1 Å². The molecule has 0 aliphatic carbocycles. The Balaban J connectivity index is 1.71. The zero-order valence-electron chi connectivity index (χ0n) is 13.4. The van der Waals surface area contributed by atoms with Crippen LogP contribution in [0.5, 0.6) is 5.88 Å². The maximum Gasteiger partial charge on any atom is 0.234 e. The molecule has 0 bridgehead atoms. The number of ether oxygens (including phenoxy) is 1. The van der Waals surface area contributed by atoms with E-state index < -0.39 is 0 Å². The van der Waals surface area contributed by atoms with Gasteiger partial charge < -0.3 is 15.0 Å². The predicted molar refractivity (Wildman–Crippen MR) is 92.1 cm³/mol. The lowest BCUT2D eigenvalue weighted by molar-refractivity contribution is 0.292. The molecule has 122 valence electrons. The van der Waals surface area contributed by atoms with Crippen LogP contribution >= 0.6 is 11.6 Å². The van der Waals surface area contributed by atoms with Crippen molar-refractivity contribution in [2.24, 2.45) is 0 Å². The summed E-state index contributed by atoms with van der Waals surface area (Å²) in [6.07, 6.45) is 3.42. The number of anilines is 1. The number of halogens is 1. The molecule has 1 saturated heterocycles. The van der Waals surface area contributed by atoms with E-state index in [1.165, 1.54) is 0 Å². The predicted octanol–water partition coefficient (Wildman–Crippen LogP) is 2.90. The van der Waals surface area contributed by atoms with Crippen LogP contribution in [0.25, 0.3) is 0 Å². The molecular weight excluding hydrogens is 312 g/mol. The molecule has 2 unspecified atom stereocenters. The van der Waals surface area contributed by atoms with E-state index >= 15 is 0 Å². The lowest BCUT2D eigenvalue weighted by Gasteiger charge is -2.38. The molecule has 0 amide bonds. The highest BCUT2D eigenvalue weighted by molar-refractivity contribution is 6.31. The molecule has 5 nitrogen and oxygen atoms in total. The Morgan fingerprint density at radius 2 is 2.13 bits per heavy atom. The first-order valence-corrected chi connectivity index (χ1v) is 8.19. The average Bonchev–Trinajstić information content (AvgIpc) is 2.56. The first-order valence-electron chi connectivity index (χ1n) is 7.82.